The van der Waals surface area contributed by atoms with Crippen molar-refractivity contribution in [2.75, 3.05) is 14.1 Å². The standard InChI is InChI=1S/C22H26ClN5O2S/c1-28(2)12-15-11-25-21(31-15)20(30)27-18-5-3-4-8-22(18,24)19(29)17-10-13-9-14(23)6-7-16(13)26-17/h6-7,9-11,18,26H,3-5,8,12,24H2,1-2H3,(H,27,30). The summed E-state index contributed by atoms with van der Waals surface area (Å²) in [7, 11) is 3.93. The minimum Gasteiger partial charge on any atom is -0.352 e. The molecule has 1 aliphatic carbocycles. The maximum atomic E-state index is 13.5. The van der Waals surface area contributed by atoms with Crippen LogP contribution in [-0.4, -0.2) is 52.2 Å². The van der Waals surface area contributed by atoms with Crippen LogP contribution in [0.4, 0.5) is 0 Å². The topological polar surface area (TPSA) is 104 Å². The summed E-state index contributed by atoms with van der Waals surface area (Å²) in [4.78, 5) is 36.8. The number of nitrogens with zero attached hydrogens (tertiary/aromatic N) is 2. The van der Waals surface area contributed by atoms with Gasteiger partial charge in [0.1, 0.15) is 5.54 Å². The summed E-state index contributed by atoms with van der Waals surface area (Å²) in [6, 6.07) is 6.74. The molecule has 1 amide bonds. The molecule has 164 valence electrons. The van der Waals surface area contributed by atoms with Gasteiger partial charge in [-0.3, -0.25) is 9.59 Å². The van der Waals surface area contributed by atoms with E-state index in [1.54, 1.807) is 24.4 Å². The van der Waals surface area contributed by atoms with Crippen LogP contribution in [0, 0.1) is 0 Å². The average Bonchev–Trinajstić information content (AvgIpc) is 3.35. The van der Waals surface area contributed by atoms with Crippen molar-refractivity contribution in [3.8, 4) is 0 Å². The minimum absolute atomic E-state index is 0.197. The molecule has 2 unspecified atom stereocenters. The molecule has 1 saturated carbocycles. The molecule has 1 aliphatic rings. The van der Waals surface area contributed by atoms with Gasteiger partial charge in [-0.2, -0.15) is 0 Å². The molecule has 4 N–H and O–H groups in total. The highest BCUT2D eigenvalue weighted by molar-refractivity contribution is 7.13. The summed E-state index contributed by atoms with van der Waals surface area (Å²) in [6.45, 7) is 0.720. The van der Waals surface area contributed by atoms with Crippen molar-refractivity contribution in [1.29, 1.82) is 0 Å². The van der Waals surface area contributed by atoms with E-state index in [2.05, 4.69) is 15.3 Å². The van der Waals surface area contributed by atoms with Crippen LogP contribution in [-0.2, 0) is 6.54 Å². The van der Waals surface area contributed by atoms with Gasteiger partial charge in [-0.15, -0.1) is 11.3 Å². The molecule has 1 aromatic carbocycles. The van der Waals surface area contributed by atoms with Crippen molar-refractivity contribution in [3.05, 3.63) is 51.1 Å². The lowest BCUT2D eigenvalue weighted by Crippen LogP contribution is -2.64. The fraction of sp³-hybridized carbons (Fsp3) is 0.409. The first-order valence-corrected chi connectivity index (χ1v) is 11.5. The van der Waals surface area contributed by atoms with Gasteiger partial charge < -0.3 is 20.9 Å². The Bertz CT molecular complexity index is 1120. The van der Waals surface area contributed by atoms with E-state index < -0.39 is 11.6 Å². The molecule has 31 heavy (non-hydrogen) atoms. The second kappa shape index (κ2) is 8.70. The summed E-state index contributed by atoms with van der Waals surface area (Å²) in [5.41, 5.74) is 6.77. The second-order valence-electron chi connectivity index (χ2n) is 8.43. The summed E-state index contributed by atoms with van der Waals surface area (Å²) < 4.78 is 0. The molecular weight excluding hydrogens is 434 g/mol. The number of aromatic nitrogens is 2. The third kappa shape index (κ3) is 4.52. The highest BCUT2D eigenvalue weighted by Gasteiger charge is 2.45. The van der Waals surface area contributed by atoms with Crippen LogP contribution in [0.15, 0.2) is 30.5 Å². The van der Waals surface area contributed by atoms with E-state index in [1.165, 1.54) is 11.3 Å². The maximum absolute atomic E-state index is 13.5. The average molecular weight is 460 g/mol. The Labute approximate surface area is 190 Å². The van der Waals surface area contributed by atoms with Crippen LogP contribution in [0.1, 0.15) is 50.9 Å². The van der Waals surface area contributed by atoms with Gasteiger partial charge in [0.25, 0.3) is 5.91 Å². The van der Waals surface area contributed by atoms with E-state index >= 15 is 0 Å². The van der Waals surface area contributed by atoms with E-state index in [9.17, 15) is 9.59 Å². The number of hydrogen-bond acceptors (Lipinski definition) is 6. The Morgan fingerprint density at radius 2 is 2.16 bits per heavy atom. The molecule has 0 spiro atoms. The van der Waals surface area contributed by atoms with Crippen molar-refractivity contribution in [1.82, 2.24) is 20.2 Å². The smallest absolute Gasteiger partial charge is 0.280 e. The van der Waals surface area contributed by atoms with E-state index in [0.717, 1.165) is 35.2 Å². The lowest BCUT2D eigenvalue weighted by atomic mass is 9.74. The molecule has 4 rings (SSSR count). The van der Waals surface area contributed by atoms with Crippen molar-refractivity contribution >= 4 is 45.5 Å². The lowest BCUT2D eigenvalue weighted by Gasteiger charge is -2.39. The summed E-state index contributed by atoms with van der Waals surface area (Å²) in [5, 5.41) is 4.85. The molecule has 1 fully saturated rings. The Hall–Kier alpha value is -2.26. The van der Waals surface area contributed by atoms with Gasteiger partial charge in [-0.05, 0) is 51.2 Å². The van der Waals surface area contributed by atoms with E-state index in [4.69, 9.17) is 17.3 Å². The van der Waals surface area contributed by atoms with Crippen molar-refractivity contribution in [2.45, 2.75) is 43.8 Å². The number of thiazole rings is 1. The predicted octanol–water partition coefficient (Wildman–Crippen LogP) is 3.59. The number of halogens is 1. The van der Waals surface area contributed by atoms with Crippen LogP contribution in [0.2, 0.25) is 5.02 Å². The summed E-state index contributed by atoms with van der Waals surface area (Å²) >= 11 is 7.43. The number of fused-ring (bicyclic) bond motifs is 1. The number of Topliss-reactive ketones (excluding diaryl/α,β-unsaturated/α-hetero) is 1. The zero-order valence-corrected chi connectivity index (χ0v) is 19.1. The molecule has 9 heteroatoms. The van der Waals surface area contributed by atoms with Gasteiger partial charge in [0, 0.05) is 33.5 Å². The van der Waals surface area contributed by atoms with Crippen LogP contribution in [0.25, 0.3) is 10.9 Å². The third-order valence-corrected chi connectivity index (χ3v) is 6.95. The number of carbonyl (C=O) groups excluding carboxylic acids is 2. The largest absolute Gasteiger partial charge is 0.352 e. The number of benzene rings is 1. The molecule has 2 atom stereocenters. The molecule has 7 nitrogen and oxygen atoms in total. The first-order chi connectivity index (χ1) is 14.8. The SMILES string of the molecule is CN(C)Cc1cnc(C(=O)NC2CCCCC2(N)C(=O)c2cc3cc(Cl)ccc3[nH]2)s1. The van der Waals surface area contributed by atoms with E-state index in [1.807, 2.05) is 25.1 Å². The number of rotatable bonds is 6. The van der Waals surface area contributed by atoms with Crippen molar-refractivity contribution in [2.24, 2.45) is 5.73 Å². The zero-order valence-electron chi connectivity index (χ0n) is 17.6. The molecule has 3 aromatic rings. The zero-order chi connectivity index (χ0) is 22.2. The molecule has 0 aliphatic heterocycles. The number of H-pyrrole nitrogens is 1. The minimum atomic E-state index is -1.18. The number of carbonyl (C=O) groups is 2. The first-order valence-electron chi connectivity index (χ1n) is 10.3. The predicted molar refractivity (Wildman–Crippen MR) is 124 cm³/mol. The van der Waals surface area contributed by atoms with Gasteiger partial charge in [-0.25, -0.2) is 4.98 Å². The Kier molecular flexibility index (Phi) is 6.16. The summed E-state index contributed by atoms with van der Waals surface area (Å²) in [5.74, 6) is -0.481. The Morgan fingerprint density at radius 1 is 1.35 bits per heavy atom. The van der Waals surface area contributed by atoms with Crippen molar-refractivity contribution in [3.63, 3.8) is 0 Å². The van der Waals surface area contributed by atoms with Crippen LogP contribution >= 0.6 is 22.9 Å². The van der Waals surface area contributed by atoms with Gasteiger partial charge >= 0.3 is 0 Å². The highest BCUT2D eigenvalue weighted by Crippen LogP contribution is 2.31. The fourth-order valence-electron chi connectivity index (χ4n) is 4.16. The maximum Gasteiger partial charge on any atom is 0.280 e. The van der Waals surface area contributed by atoms with Crippen molar-refractivity contribution < 1.29 is 9.59 Å². The lowest BCUT2D eigenvalue weighted by molar-refractivity contribution is 0.0755. The number of ketones is 1. The number of nitrogens with one attached hydrogen (secondary N) is 2. The monoisotopic (exact) mass is 459 g/mol. The van der Waals surface area contributed by atoms with Gasteiger partial charge in [-0.1, -0.05) is 24.4 Å². The normalized spacial score (nSPS) is 21.5. The molecule has 2 aromatic heterocycles. The highest BCUT2D eigenvalue weighted by atomic mass is 35.5. The Morgan fingerprint density at radius 3 is 2.94 bits per heavy atom. The van der Waals surface area contributed by atoms with Gasteiger partial charge in [0.15, 0.2) is 5.01 Å². The first kappa shape index (κ1) is 22.0. The van der Waals surface area contributed by atoms with Crippen LogP contribution in [0.5, 0.6) is 0 Å². The number of aromatic amines is 1. The van der Waals surface area contributed by atoms with Crippen LogP contribution < -0.4 is 11.1 Å². The van der Waals surface area contributed by atoms with Crippen LogP contribution in [0.3, 0.4) is 0 Å². The number of nitrogens with two attached hydrogens (primary N) is 1. The Balaban J connectivity index is 1.55. The molecule has 0 bridgehead atoms. The van der Waals surface area contributed by atoms with E-state index in [-0.39, 0.29) is 11.7 Å². The summed E-state index contributed by atoms with van der Waals surface area (Å²) in [6.07, 6.45) is 4.62. The third-order valence-electron chi connectivity index (χ3n) is 5.73. The van der Waals surface area contributed by atoms with Gasteiger partial charge in [0.05, 0.1) is 11.7 Å². The molecule has 2 heterocycles. The second-order valence-corrected chi connectivity index (χ2v) is 9.98. The number of hydrogen-bond donors (Lipinski definition) is 3. The molecule has 0 saturated heterocycles. The molecular formula is C22H26ClN5O2S. The van der Waals surface area contributed by atoms with Gasteiger partial charge in [0.2, 0.25) is 5.78 Å². The number of amides is 1. The van der Waals surface area contributed by atoms with E-state index in [0.29, 0.717) is 28.6 Å². The quantitative estimate of drug-likeness (QED) is 0.488. The molecule has 0 radical (unpaired) electrons. The fourth-order valence-corrected chi connectivity index (χ4v) is 5.28.